The lowest BCUT2D eigenvalue weighted by molar-refractivity contribution is 0.569. The lowest BCUT2D eigenvalue weighted by Gasteiger charge is -2.09. The molecule has 0 atom stereocenters. The molecule has 0 saturated heterocycles. The standard InChI is InChI=1S/C28H52N2/c1-3-5-7-9-11-13-15-17-19-25-29-27-21-23-28(24-22-27)30-26-20-18-16-14-12-10-8-6-4-2/h21-24,29-30H,3-20,25-26H2,1-2H3. The zero-order chi connectivity index (χ0) is 21.5. The Labute approximate surface area is 189 Å². The van der Waals surface area contributed by atoms with Gasteiger partial charge in [0.2, 0.25) is 0 Å². The molecule has 0 amide bonds. The lowest BCUT2D eigenvalue weighted by atomic mass is 10.1. The van der Waals surface area contributed by atoms with Crippen molar-refractivity contribution in [1.82, 2.24) is 0 Å². The summed E-state index contributed by atoms with van der Waals surface area (Å²) in [5.74, 6) is 0. The molecular formula is C28H52N2. The molecule has 0 aliphatic heterocycles. The molecular weight excluding hydrogens is 364 g/mol. The predicted octanol–water partition coefficient (Wildman–Crippen LogP) is 9.57. The third-order valence-electron chi connectivity index (χ3n) is 6.10. The average Bonchev–Trinajstić information content (AvgIpc) is 2.77. The van der Waals surface area contributed by atoms with Gasteiger partial charge in [-0.1, -0.05) is 117 Å². The molecule has 0 spiro atoms. The van der Waals surface area contributed by atoms with E-state index in [0.29, 0.717) is 0 Å². The zero-order valence-corrected chi connectivity index (χ0v) is 20.5. The van der Waals surface area contributed by atoms with Crippen molar-refractivity contribution in [3.05, 3.63) is 24.3 Å². The van der Waals surface area contributed by atoms with Crippen molar-refractivity contribution >= 4 is 11.4 Å². The van der Waals surface area contributed by atoms with Crippen LogP contribution in [0.15, 0.2) is 24.3 Å². The van der Waals surface area contributed by atoms with Gasteiger partial charge in [0, 0.05) is 24.5 Å². The molecule has 30 heavy (non-hydrogen) atoms. The highest BCUT2D eigenvalue weighted by atomic mass is 14.9. The normalized spacial score (nSPS) is 11.0. The van der Waals surface area contributed by atoms with Gasteiger partial charge < -0.3 is 10.6 Å². The van der Waals surface area contributed by atoms with Crippen molar-refractivity contribution in [2.75, 3.05) is 23.7 Å². The molecule has 0 saturated carbocycles. The summed E-state index contributed by atoms with van der Waals surface area (Å²) in [6.45, 7) is 6.77. The summed E-state index contributed by atoms with van der Waals surface area (Å²) in [6.07, 6.45) is 25.1. The highest BCUT2D eigenvalue weighted by molar-refractivity contribution is 5.53. The summed E-state index contributed by atoms with van der Waals surface area (Å²) in [4.78, 5) is 0. The number of benzene rings is 1. The molecule has 1 aromatic carbocycles. The summed E-state index contributed by atoms with van der Waals surface area (Å²) < 4.78 is 0. The largest absolute Gasteiger partial charge is 0.385 e. The maximum absolute atomic E-state index is 3.57. The maximum atomic E-state index is 3.57. The van der Waals surface area contributed by atoms with Crippen LogP contribution in [0.25, 0.3) is 0 Å². The van der Waals surface area contributed by atoms with Gasteiger partial charge in [-0.3, -0.25) is 0 Å². The Morgan fingerprint density at radius 1 is 0.400 bits per heavy atom. The van der Waals surface area contributed by atoms with Gasteiger partial charge in [-0.05, 0) is 37.1 Å². The van der Waals surface area contributed by atoms with E-state index in [4.69, 9.17) is 0 Å². The molecule has 174 valence electrons. The maximum Gasteiger partial charge on any atom is 0.0341 e. The highest BCUT2D eigenvalue weighted by Gasteiger charge is 1.96. The van der Waals surface area contributed by atoms with Crippen LogP contribution in [-0.4, -0.2) is 13.1 Å². The summed E-state index contributed by atoms with van der Waals surface area (Å²) in [5, 5.41) is 7.14. The van der Waals surface area contributed by atoms with Crippen molar-refractivity contribution in [2.24, 2.45) is 0 Å². The van der Waals surface area contributed by atoms with Crippen molar-refractivity contribution in [2.45, 2.75) is 129 Å². The Morgan fingerprint density at radius 3 is 0.967 bits per heavy atom. The van der Waals surface area contributed by atoms with Gasteiger partial charge in [-0.25, -0.2) is 0 Å². The fourth-order valence-electron chi connectivity index (χ4n) is 4.04. The van der Waals surface area contributed by atoms with E-state index in [9.17, 15) is 0 Å². The van der Waals surface area contributed by atoms with Crippen LogP contribution in [0, 0.1) is 0 Å². The monoisotopic (exact) mass is 416 g/mol. The van der Waals surface area contributed by atoms with Gasteiger partial charge >= 0.3 is 0 Å². The van der Waals surface area contributed by atoms with Gasteiger partial charge in [0.05, 0.1) is 0 Å². The Morgan fingerprint density at radius 2 is 0.667 bits per heavy atom. The molecule has 1 rings (SSSR count). The van der Waals surface area contributed by atoms with Crippen LogP contribution in [0.4, 0.5) is 11.4 Å². The van der Waals surface area contributed by atoms with Gasteiger partial charge in [0.15, 0.2) is 0 Å². The summed E-state index contributed by atoms with van der Waals surface area (Å²) >= 11 is 0. The van der Waals surface area contributed by atoms with Crippen LogP contribution in [0.5, 0.6) is 0 Å². The first-order chi connectivity index (χ1) is 14.9. The quantitative estimate of drug-likeness (QED) is 0.184. The average molecular weight is 417 g/mol. The van der Waals surface area contributed by atoms with Crippen LogP contribution in [0.3, 0.4) is 0 Å². The zero-order valence-electron chi connectivity index (χ0n) is 20.5. The van der Waals surface area contributed by atoms with Crippen molar-refractivity contribution < 1.29 is 0 Å². The smallest absolute Gasteiger partial charge is 0.0341 e. The van der Waals surface area contributed by atoms with Crippen LogP contribution in [-0.2, 0) is 0 Å². The Hall–Kier alpha value is -1.18. The molecule has 2 heteroatoms. The molecule has 2 N–H and O–H groups in total. The van der Waals surface area contributed by atoms with Gasteiger partial charge in [0.25, 0.3) is 0 Å². The molecule has 0 aliphatic rings. The number of hydrogen-bond acceptors (Lipinski definition) is 2. The van der Waals surface area contributed by atoms with Gasteiger partial charge in [-0.2, -0.15) is 0 Å². The van der Waals surface area contributed by atoms with E-state index in [-0.39, 0.29) is 0 Å². The lowest BCUT2D eigenvalue weighted by Crippen LogP contribution is -2.03. The van der Waals surface area contributed by atoms with Gasteiger partial charge in [0.1, 0.15) is 0 Å². The Balaban J connectivity index is 1.92. The third kappa shape index (κ3) is 16.6. The van der Waals surface area contributed by atoms with Crippen molar-refractivity contribution in [3.8, 4) is 0 Å². The molecule has 0 heterocycles. The second-order valence-corrected chi connectivity index (χ2v) is 9.09. The Kier molecular flexibility index (Phi) is 18.9. The highest BCUT2D eigenvalue weighted by Crippen LogP contribution is 2.15. The van der Waals surface area contributed by atoms with E-state index in [0.717, 1.165) is 13.1 Å². The van der Waals surface area contributed by atoms with Crippen LogP contribution >= 0.6 is 0 Å². The van der Waals surface area contributed by atoms with E-state index in [2.05, 4.69) is 48.7 Å². The molecule has 0 fully saturated rings. The second-order valence-electron chi connectivity index (χ2n) is 9.09. The molecule has 0 aliphatic carbocycles. The fraction of sp³-hybridized carbons (Fsp3) is 0.786. The summed E-state index contributed by atoms with van der Waals surface area (Å²) in [5.41, 5.74) is 2.51. The first kappa shape index (κ1) is 26.9. The minimum Gasteiger partial charge on any atom is -0.385 e. The summed E-state index contributed by atoms with van der Waals surface area (Å²) in [6, 6.07) is 8.86. The number of hydrogen-bond donors (Lipinski definition) is 2. The van der Waals surface area contributed by atoms with Crippen LogP contribution in [0.1, 0.15) is 129 Å². The third-order valence-corrected chi connectivity index (χ3v) is 6.10. The second kappa shape index (κ2) is 21.1. The van der Waals surface area contributed by atoms with Crippen molar-refractivity contribution in [3.63, 3.8) is 0 Å². The first-order valence-corrected chi connectivity index (χ1v) is 13.4. The number of rotatable bonds is 22. The molecule has 0 aromatic heterocycles. The van der Waals surface area contributed by atoms with E-state index in [1.807, 2.05) is 0 Å². The molecule has 0 radical (unpaired) electrons. The SMILES string of the molecule is CCCCCCCCCCCNc1ccc(NCCCCCCCCCCC)cc1. The number of anilines is 2. The first-order valence-electron chi connectivity index (χ1n) is 13.4. The van der Waals surface area contributed by atoms with Gasteiger partial charge in [-0.15, -0.1) is 0 Å². The minimum absolute atomic E-state index is 1.10. The van der Waals surface area contributed by atoms with E-state index in [1.54, 1.807) is 0 Å². The summed E-state index contributed by atoms with van der Waals surface area (Å²) in [7, 11) is 0. The van der Waals surface area contributed by atoms with E-state index < -0.39 is 0 Å². The fourth-order valence-corrected chi connectivity index (χ4v) is 4.04. The molecule has 0 unspecified atom stereocenters. The number of unbranched alkanes of at least 4 members (excludes halogenated alkanes) is 16. The van der Waals surface area contributed by atoms with Crippen LogP contribution < -0.4 is 10.6 Å². The van der Waals surface area contributed by atoms with Crippen molar-refractivity contribution in [1.29, 1.82) is 0 Å². The number of nitrogens with one attached hydrogen (secondary N) is 2. The van der Waals surface area contributed by atoms with E-state index >= 15 is 0 Å². The van der Waals surface area contributed by atoms with E-state index in [1.165, 1.54) is 127 Å². The topological polar surface area (TPSA) is 24.1 Å². The Bertz CT molecular complexity index is 411. The predicted molar refractivity (Wildman–Crippen MR) is 138 cm³/mol. The molecule has 0 bridgehead atoms. The molecule has 1 aromatic rings. The minimum atomic E-state index is 1.10. The molecule has 2 nitrogen and oxygen atoms in total. The van der Waals surface area contributed by atoms with Crippen LogP contribution in [0.2, 0.25) is 0 Å².